The Balaban J connectivity index is 1.80. The number of anilines is 1. The van der Waals surface area contributed by atoms with Crippen molar-refractivity contribution in [2.45, 2.75) is 6.18 Å². The molecule has 26 heavy (non-hydrogen) atoms. The Morgan fingerprint density at radius 3 is 2.54 bits per heavy atom. The first-order valence-corrected chi connectivity index (χ1v) is 8.59. The molecule has 1 N–H and O–H groups in total. The van der Waals surface area contributed by atoms with Gasteiger partial charge >= 0.3 is 6.18 Å². The molecule has 1 heterocycles. The molecule has 1 amide bonds. The molecule has 10 heteroatoms. The molecule has 0 bridgehead atoms. The monoisotopic (exact) mass is 417 g/mol. The molecule has 0 saturated heterocycles. The molecule has 2 aromatic carbocycles. The lowest BCUT2D eigenvalue weighted by molar-refractivity contribution is -0.137. The van der Waals surface area contributed by atoms with Crippen molar-refractivity contribution in [2.75, 3.05) is 5.32 Å². The van der Waals surface area contributed by atoms with Crippen LogP contribution in [0, 0.1) is 0 Å². The number of nitrogens with zero attached hydrogens (tertiary/aromatic N) is 2. The van der Waals surface area contributed by atoms with Crippen molar-refractivity contribution in [1.29, 1.82) is 0 Å². The summed E-state index contributed by atoms with van der Waals surface area (Å²) in [7, 11) is 0. The van der Waals surface area contributed by atoms with E-state index >= 15 is 0 Å². The maximum absolute atomic E-state index is 12.7. The molecule has 0 aliphatic rings. The van der Waals surface area contributed by atoms with E-state index in [1.165, 1.54) is 6.07 Å². The molecule has 4 nitrogen and oxygen atoms in total. The van der Waals surface area contributed by atoms with E-state index in [-0.39, 0.29) is 10.7 Å². The van der Waals surface area contributed by atoms with Gasteiger partial charge in [-0.3, -0.25) is 10.1 Å². The third-order valence-corrected chi connectivity index (χ3v) is 4.68. The lowest BCUT2D eigenvalue weighted by Gasteiger charge is -2.08. The van der Waals surface area contributed by atoms with Gasteiger partial charge in [0.2, 0.25) is 5.13 Å². The van der Waals surface area contributed by atoms with E-state index < -0.39 is 17.6 Å². The number of alkyl halides is 3. The van der Waals surface area contributed by atoms with Gasteiger partial charge in [0.25, 0.3) is 5.91 Å². The van der Waals surface area contributed by atoms with Crippen molar-refractivity contribution in [2.24, 2.45) is 0 Å². The number of halogens is 5. The maximum Gasteiger partial charge on any atom is 0.416 e. The van der Waals surface area contributed by atoms with E-state index in [0.29, 0.717) is 20.6 Å². The molecule has 134 valence electrons. The number of hydrogen-bond donors (Lipinski definition) is 1. The molecule has 0 atom stereocenters. The predicted octanol–water partition coefficient (Wildman–Crippen LogP) is 5.78. The van der Waals surface area contributed by atoms with Gasteiger partial charge in [-0.1, -0.05) is 40.6 Å². The second-order valence-corrected chi connectivity index (χ2v) is 6.89. The van der Waals surface area contributed by atoms with E-state index in [9.17, 15) is 18.0 Å². The molecule has 0 unspecified atom stereocenters. The standard InChI is InChI=1S/C16H8Cl2F3N3OS/c17-10-4-5-11(12(18)7-10)14-23-24-15(26-14)22-13(25)8-2-1-3-9(6-8)16(19,20)21/h1-7H,(H,22,24,25). The van der Waals surface area contributed by atoms with Crippen LogP contribution in [0.25, 0.3) is 10.6 Å². The quantitative estimate of drug-likeness (QED) is 0.587. The van der Waals surface area contributed by atoms with E-state index in [4.69, 9.17) is 23.2 Å². The Kier molecular flexibility index (Phi) is 5.17. The van der Waals surface area contributed by atoms with Gasteiger partial charge in [0.15, 0.2) is 5.01 Å². The van der Waals surface area contributed by atoms with Crippen molar-refractivity contribution in [3.8, 4) is 10.6 Å². The highest BCUT2D eigenvalue weighted by atomic mass is 35.5. The molecule has 0 fully saturated rings. The van der Waals surface area contributed by atoms with Crippen LogP contribution in [0.3, 0.4) is 0 Å². The largest absolute Gasteiger partial charge is 0.416 e. The maximum atomic E-state index is 12.7. The van der Waals surface area contributed by atoms with Crippen molar-refractivity contribution in [3.05, 3.63) is 63.6 Å². The zero-order valence-electron chi connectivity index (χ0n) is 12.6. The zero-order valence-corrected chi connectivity index (χ0v) is 15.0. The second-order valence-electron chi connectivity index (χ2n) is 5.07. The van der Waals surface area contributed by atoms with E-state index in [1.54, 1.807) is 18.2 Å². The lowest BCUT2D eigenvalue weighted by atomic mass is 10.1. The van der Waals surface area contributed by atoms with Gasteiger partial charge in [-0.15, -0.1) is 10.2 Å². The number of carbonyl (C=O) groups excluding carboxylic acids is 1. The van der Waals surface area contributed by atoms with Crippen LogP contribution in [0.1, 0.15) is 15.9 Å². The molecule has 0 saturated carbocycles. The van der Waals surface area contributed by atoms with Crippen LogP contribution in [0.4, 0.5) is 18.3 Å². The number of amides is 1. The van der Waals surface area contributed by atoms with Crippen LogP contribution in [-0.2, 0) is 6.18 Å². The first-order chi connectivity index (χ1) is 12.2. The predicted molar refractivity (Wildman–Crippen MR) is 94.8 cm³/mol. The summed E-state index contributed by atoms with van der Waals surface area (Å²) < 4.78 is 38.2. The average Bonchev–Trinajstić information content (AvgIpc) is 3.02. The molecule has 0 radical (unpaired) electrons. The smallest absolute Gasteiger partial charge is 0.296 e. The number of carbonyl (C=O) groups is 1. The molecular formula is C16H8Cl2F3N3OS. The first kappa shape index (κ1) is 18.6. The third-order valence-electron chi connectivity index (χ3n) is 3.26. The van der Waals surface area contributed by atoms with Gasteiger partial charge in [-0.2, -0.15) is 13.2 Å². The Bertz CT molecular complexity index is 975. The Morgan fingerprint density at radius 2 is 1.85 bits per heavy atom. The number of benzene rings is 2. The minimum atomic E-state index is -4.53. The van der Waals surface area contributed by atoms with Crippen LogP contribution >= 0.6 is 34.5 Å². The molecule has 0 aliphatic heterocycles. The Labute approximate surface area is 159 Å². The summed E-state index contributed by atoms with van der Waals surface area (Å²) in [5.41, 5.74) is -0.467. The molecule has 1 aromatic heterocycles. The fraction of sp³-hybridized carbons (Fsp3) is 0.0625. The van der Waals surface area contributed by atoms with Gasteiger partial charge < -0.3 is 0 Å². The summed E-state index contributed by atoms with van der Waals surface area (Å²) >= 11 is 13.0. The van der Waals surface area contributed by atoms with Crippen LogP contribution in [0.5, 0.6) is 0 Å². The van der Waals surface area contributed by atoms with Crippen LogP contribution in [0.2, 0.25) is 10.0 Å². The summed E-state index contributed by atoms with van der Waals surface area (Å²) in [6.07, 6.45) is -4.53. The number of aromatic nitrogens is 2. The number of nitrogens with one attached hydrogen (secondary N) is 1. The molecule has 3 rings (SSSR count). The van der Waals surface area contributed by atoms with Crippen molar-refractivity contribution >= 4 is 45.6 Å². The normalized spacial score (nSPS) is 11.4. The number of hydrogen-bond acceptors (Lipinski definition) is 4. The fourth-order valence-corrected chi connectivity index (χ4v) is 3.38. The minimum absolute atomic E-state index is 0.133. The summed E-state index contributed by atoms with van der Waals surface area (Å²) in [5, 5.41) is 11.6. The van der Waals surface area contributed by atoms with Crippen molar-refractivity contribution in [3.63, 3.8) is 0 Å². The minimum Gasteiger partial charge on any atom is -0.296 e. The van der Waals surface area contributed by atoms with Gasteiger partial charge in [0.1, 0.15) is 0 Å². The Hall–Kier alpha value is -2.16. The average molecular weight is 418 g/mol. The third kappa shape index (κ3) is 4.14. The van der Waals surface area contributed by atoms with E-state index in [1.807, 2.05) is 0 Å². The summed E-state index contributed by atoms with van der Waals surface area (Å²) in [6, 6.07) is 8.93. The highest BCUT2D eigenvalue weighted by Gasteiger charge is 2.31. The Morgan fingerprint density at radius 1 is 1.08 bits per heavy atom. The van der Waals surface area contributed by atoms with Crippen LogP contribution < -0.4 is 5.32 Å². The molecule has 0 aliphatic carbocycles. The second kappa shape index (κ2) is 7.22. The van der Waals surface area contributed by atoms with E-state index in [0.717, 1.165) is 29.5 Å². The fourth-order valence-electron chi connectivity index (χ4n) is 2.05. The first-order valence-electron chi connectivity index (χ1n) is 7.01. The van der Waals surface area contributed by atoms with Crippen LogP contribution in [0.15, 0.2) is 42.5 Å². The molecule has 3 aromatic rings. The summed E-state index contributed by atoms with van der Waals surface area (Å²) in [6.45, 7) is 0. The van der Waals surface area contributed by atoms with E-state index in [2.05, 4.69) is 15.5 Å². The van der Waals surface area contributed by atoms with Gasteiger partial charge in [-0.05, 0) is 36.4 Å². The zero-order chi connectivity index (χ0) is 18.9. The highest BCUT2D eigenvalue weighted by Crippen LogP contribution is 2.34. The van der Waals surface area contributed by atoms with Gasteiger partial charge in [-0.25, -0.2) is 0 Å². The summed E-state index contributed by atoms with van der Waals surface area (Å²) in [4.78, 5) is 12.2. The van der Waals surface area contributed by atoms with Crippen molar-refractivity contribution in [1.82, 2.24) is 10.2 Å². The highest BCUT2D eigenvalue weighted by molar-refractivity contribution is 7.18. The van der Waals surface area contributed by atoms with Gasteiger partial charge in [0, 0.05) is 16.1 Å². The van der Waals surface area contributed by atoms with Crippen molar-refractivity contribution < 1.29 is 18.0 Å². The SMILES string of the molecule is O=C(Nc1nnc(-c2ccc(Cl)cc2Cl)s1)c1cccc(C(F)(F)F)c1. The van der Waals surface area contributed by atoms with Crippen LogP contribution in [-0.4, -0.2) is 16.1 Å². The lowest BCUT2D eigenvalue weighted by Crippen LogP contribution is -2.13. The number of rotatable bonds is 3. The topological polar surface area (TPSA) is 54.9 Å². The van der Waals surface area contributed by atoms with Gasteiger partial charge in [0.05, 0.1) is 10.6 Å². The molecule has 0 spiro atoms. The summed E-state index contributed by atoms with van der Waals surface area (Å²) in [5.74, 6) is -0.721. The molecular weight excluding hydrogens is 410 g/mol.